The van der Waals surface area contributed by atoms with Crippen molar-refractivity contribution in [2.75, 3.05) is 0 Å². The van der Waals surface area contributed by atoms with Gasteiger partial charge in [-0.15, -0.1) is 0 Å². The molecule has 0 unspecified atom stereocenters. The molecule has 6 nitrogen and oxygen atoms in total. The number of rotatable bonds is 7. The smallest absolute Gasteiger partial charge is 0.254 e. The summed E-state index contributed by atoms with van der Waals surface area (Å²) >= 11 is 0. The van der Waals surface area contributed by atoms with Gasteiger partial charge in [0.25, 0.3) is 5.91 Å². The Kier molecular flexibility index (Phi) is 5.18. The fraction of sp³-hybridized carbons (Fsp3) is 0.480. The van der Waals surface area contributed by atoms with Crippen molar-refractivity contribution in [2.24, 2.45) is 5.92 Å². The average Bonchev–Trinajstić information content (AvgIpc) is 3.67. The van der Waals surface area contributed by atoms with Gasteiger partial charge in [0, 0.05) is 26.5 Å². The molecule has 3 aliphatic rings. The molecule has 0 bridgehead atoms. The third kappa shape index (κ3) is 4.59. The number of carbonyl (C=O) groups is 1. The molecule has 4 atom stereocenters. The molecule has 2 saturated carbocycles. The number of benzene rings is 2. The number of nitrogens with one attached hydrogen (secondary N) is 1. The van der Waals surface area contributed by atoms with Crippen LogP contribution >= 0.6 is 0 Å². The Bertz CT molecular complexity index is 1360. The van der Waals surface area contributed by atoms with Crippen LogP contribution in [0.5, 0.6) is 0 Å². The molecule has 0 radical (unpaired) electrons. The van der Waals surface area contributed by atoms with Gasteiger partial charge < -0.3 is 10.0 Å². The third-order valence-electron chi connectivity index (χ3n) is 6.76. The Morgan fingerprint density at radius 2 is 1.86 bits per heavy atom. The van der Waals surface area contributed by atoms with E-state index in [-0.39, 0.29) is 23.1 Å². The van der Waals surface area contributed by atoms with E-state index in [1.54, 1.807) is 0 Å². The summed E-state index contributed by atoms with van der Waals surface area (Å²) in [4.78, 5) is 14.4. The summed E-state index contributed by atoms with van der Waals surface area (Å²) in [5, 5.41) is 9.86. The molecular formula is C25H27F3N2O4S. The van der Waals surface area contributed by atoms with Crippen molar-refractivity contribution in [3.05, 3.63) is 59.4 Å². The van der Waals surface area contributed by atoms with Gasteiger partial charge in [-0.1, -0.05) is 18.2 Å². The number of amides is 1. The molecule has 3 fully saturated rings. The molecule has 2 N–H and O–H groups in total. The Morgan fingerprint density at radius 1 is 1.20 bits per heavy atom. The maximum absolute atomic E-state index is 15.7. The number of fused-ring (bicyclic) bond motifs is 1. The van der Waals surface area contributed by atoms with E-state index in [2.05, 4.69) is 4.72 Å². The minimum absolute atomic E-state index is 0.0298. The third-order valence-corrected chi connectivity index (χ3v) is 8.71. The summed E-state index contributed by atoms with van der Waals surface area (Å²) < 4.78 is 88.3. The highest BCUT2D eigenvalue weighted by atomic mass is 32.2. The zero-order valence-electron chi connectivity index (χ0n) is 21.1. The van der Waals surface area contributed by atoms with Gasteiger partial charge in [0.2, 0.25) is 10.0 Å². The molecule has 1 saturated heterocycles. The molecule has 1 aliphatic heterocycles. The first-order valence-electron chi connectivity index (χ1n) is 12.4. The first kappa shape index (κ1) is 21.8. The van der Waals surface area contributed by atoms with E-state index < -0.39 is 74.6 Å². The monoisotopic (exact) mass is 510 g/mol. The van der Waals surface area contributed by atoms with Crippen LogP contribution in [0.15, 0.2) is 36.4 Å². The summed E-state index contributed by atoms with van der Waals surface area (Å²) in [7, 11) is -3.80. The van der Waals surface area contributed by atoms with Crippen molar-refractivity contribution < 1.29 is 34.2 Å². The zero-order valence-corrected chi connectivity index (χ0v) is 19.9. The first-order chi connectivity index (χ1) is 17.1. The van der Waals surface area contributed by atoms with Crippen LogP contribution in [0.25, 0.3) is 11.1 Å². The van der Waals surface area contributed by atoms with Crippen molar-refractivity contribution >= 4 is 15.9 Å². The van der Waals surface area contributed by atoms with E-state index in [1.165, 1.54) is 32.0 Å². The van der Waals surface area contributed by atoms with Crippen LogP contribution in [-0.4, -0.2) is 53.3 Å². The summed E-state index contributed by atoms with van der Waals surface area (Å²) in [5.74, 6) is -4.23. The van der Waals surface area contributed by atoms with Gasteiger partial charge in [0.15, 0.2) is 0 Å². The lowest BCUT2D eigenvalue weighted by atomic mass is 9.94. The summed E-state index contributed by atoms with van der Waals surface area (Å²) in [6.07, 6.45) is -1.16. The number of hydrogen-bond acceptors (Lipinski definition) is 4. The second-order valence-electron chi connectivity index (χ2n) is 10.0. The fourth-order valence-electron chi connectivity index (χ4n) is 4.84. The van der Waals surface area contributed by atoms with Crippen molar-refractivity contribution in [3.8, 4) is 11.1 Å². The zero-order chi connectivity index (χ0) is 27.1. The Labute approximate surface area is 205 Å². The van der Waals surface area contributed by atoms with Crippen LogP contribution in [0.4, 0.5) is 13.2 Å². The maximum Gasteiger partial charge on any atom is 0.254 e. The molecule has 10 heteroatoms. The van der Waals surface area contributed by atoms with Crippen molar-refractivity contribution in [1.29, 1.82) is 0 Å². The lowest BCUT2D eigenvalue weighted by Crippen LogP contribution is -2.55. The van der Waals surface area contributed by atoms with Crippen LogP contribution < -0.4 is 4.72 Å². The largest absolute Gasteiger partial charge is 0.381 e. The number of piperidine rings is 1. The molecule has 35 heavy (non-hydrogen) atoms. The molecule has 0 spiro atoms. The van der Waals surface area contributed by atoms with Crippen molar-refractivity contribution in [2.45, 2.75) is 68.5 Å². The predicted molar refractivity (Wildman–Crippen MR) is 123 cm³/mol. The summed E-state index contributed by atoms with van der Waals surface area (Å²) in [6.45, 7) is 2.50. The van der Waals surface area contributed by atoms with Crippen LogP contribution in [0.2, 0.25) is 0 Å². The van der Waals surface area contributed by atoms with Crippen molar-refractivity contribution in [3.63, 3.8) is 0 Å². The van der Waals surface area contributed by atoms with Crippen LogP contribution in [0.3, 0.4) is 0 Å². The number of likely N-dealkylation sites (tertiary alicyclic amines) is 1. The lowest BCUT2D eigenvalue weighted by molar-refractivity contribution is -0.150. The number of sulfonamides is 1. The molecule has 2 aromatic carbocycles. The molecular weight excluding hydrogens is 481 g/mol. The average molecular weight is 511 g/mol. The number of aliphatic hydroxyl groups is 1. The number of nitrogens with zero attached hydrogens (tertiary/aromatic N) is 1. The normalized spacial score (nSPS) is 28.3. The fourth-order valence-corrected chi connectivity index (χ4v) is 6.48. The van der Waals surface area contributed by atoms with Crippen molar-refractivity contribution in [1.82, 2.24) is 9.62 Å². The Balaban J connectivity index is 1.55. The predicted octanol–water partition coefficient (Wildman–Crippen LogP) is 3.13. The molecule has 0 aromatic heterocycles. The molecule has 188 valence electrons. The van der Waals surface area contributed by atoms with E-state index in [9.17, 15) is 27.1 Å². The van der Waals surface area contributed by atoms with Gasteiger partial charge in [-0.3, -0.25) is 4.79 Å². The van der Waals surface area contributed by atoms with E-state index in [1.807, 2.05) is 0 Å². The van der Waals surface area contributed by atoms with Gasteiger partial charge in [0.1, 0.15) is 23.1 Å². The maximum atomic E-state index is 15.7. The summed E-state index contributed by atoms with van der Waals surface area (Å²) in [6, 6.07) is 3.86. The van der Waals surface area contributed by atoms with E-state index >= 15 is 4.39 Å². The highest BCUT2D eigenvalue weighted by Crippen LogP contribution is 2.50. The number of halogens is 3. The SMILES string of the molecule is [2H]C1([2H])[C@@H]2[C@@H](NS(=O)(=O)C3CC3)[C@@H](Cc3cccc(-c4cc(F)cc(F)c4)c3F)N(C(=O)C(C)(C)O)[C@@H]21. The van der Waals surface area contributed by atoms with E-state index in [4.69, 9.17) is 2.74 Å². The van der Waals surface area contributed by atoms with Gasteiger partial charge >= 0.3 is 0 Å². The minimum atomic E-state index is -3.80. The minimum Gasteiger partial charge on any atom is -0.381 e. The Hall–Kier alpha value is -2.43. The molecule has 2 aromatic rings. The number of carbonyl (C=O) groups excluding carboxylic acids is 1. The highest BCUT2D eigenvalue weighted by Gasteiger charge is 2.62. The van der Waals surface area contributed by atoms with Gasteiger partial charge in [-0.25, -0.2) is 26.3 Å². The standard InChI is InChI=1S/C25H27F3N2O4S/c1-25(2,32)24(31)30-20-12-19(20)23(29-35(33,34)17-6-7-17)21(30)10-13-4-3-5-18(22(13)28)14-8-15(26)11-16(27)9-14/h3-5,8-9,11,17,19-21,23,29,32H,6-7,10,12H2,1-2H3/t19-,20+,21+,23+/m0/s1/i12D2. The molecule has 2 aliphatic carbocycles. The number of hydrogen-bond donors (Lipinski definition) is 2. The van der Waals surface area contributed by atoms with E-state index in [0.29, 0.717) is 18.9 Å². The van der Waals surface area contributed by atoms with Crippen LogP contribution in [-0.2, 0) is 21.2 Å². The second-order valence-corrected chi connectivity index (χ2v) is 12.0. The molecule has 5 rings (SSSR count). The van der Waals surface area contributed by atoms with Gasteiger partial charge in [-0.05, 0) is 68.7 Å². The molecule has 1 heterocycles. The van der Waals surface area contributed by atoms with Crippen LogP contribution in [0, 0.1) is 23.4 Å². The highest BCUT2D eigenvalue weighted by molar-refractivity contribution is 7.90. The van der Waals surface area contributed by atoms with Crippen LogP contribution in [0.1, 0.15) is 41.4 Å². The van der Waals surface area contributed by atoms with Gasteiger partial charge in [-0.2, -0.15) is 0 Å². The van der Waals surface area contributed by atoms with E-state index in [0.717, 1.165) is 17.0 Å². The quantitative estimate of drug-likeness (QED) is 0.599. The first-order valence-corrected chi connectivity index (χ1v) is 13.0. The van der Waals surface area contributed by atoms with Gasteiger partial charge in [0.05, 0.1) is 11.3 Å². The summed E-state index contributed by atoms with van der Waals surface area (Å²) in [5.41, 5.74) is -1.94. The molecule has 1 amide bonds. The topological polar surface area (TPSA) is 86.7 Å². The second kappa shape index (κ2) is 8.31. The Morgan fingerprint density at radius 3 is 2.46 bits per heavy atom. The lowest BCUT2D eigenvalue weighted by Gasteiger charge is -2.35.